The van der Waals surface area contributed by atoms with Crippen molar-refractivity contribution in [2.45, 2.75) is 9.79 Å². The first-order valence-corrected chi connectivity index (χ1v) is 6.38. The van der Waals surface area contributed by atoms with Gasteiger partial charge in [0.15, 0.2) is 0 Å². The number of halogens is 1. The molecule has 0 saturated heterocycles. The Morgan fingerprint density at radius 2 is 1.79 bits per heavy atom. The first-order chi connectivity index (χ1) is 9.13. The quantitative estimate of drug-likeness (QED) is 0.855. The Bertz CT molecular complexity index is 700. The SMILES string of the molecule is O=C1Nc2cc(Sc3cccc(F)c3)ccc2C1=O. The summed E-state index contributed by atoms with van der Waals surface area (Å²) in [7, 11) is 0. The van der Waals surface area contributed by atoms with Crippen molar-refractivity contribution in [1.29, 1.82) is 0 Å². The number of hydrogen-bond donors (Lipinski definition) is 1. The molecular weight excluding hydrogens is 265 g/mol. The summed E-state index contributed by atoms with van der Waals surface area (Å²) >= 11 is 1.37. The first-order valence-electron chi connectivity index (χ1n) is 5.56. The number of anilines is 1. The van der Waals surface area contributed by atoms with Gasteiger partial charge in [0.1, 0.15) is 5.82 Å². The zero-order chi connectivity index (χ0) is 13.4. The van der Waals surface area contributed by atoms with Crippen LogP contribution in [0.3, 0.4) is 0 Å². The van der Waals surface area contributed by atoms with Crippen LogP contribution in [0, 0.1) is 5.82 Å². The molecular formula is C14H8FNO2S. The summed E-state index contributed by atoms with van der Waals surface area (Å²) in [5, 5.41) is 2.51. The van der Waals surface area contributed by atoms with E-state index in [9.17, 15) is 14.0 Å². The van der Waals surface area contributed by atoms with E-state index >= 15 is 0 Å². The zero-order valence-electron chi connectivity index (χ0n) is 9.64. The average Bonchev–Trinajstić information content (AvgIpc) is 2.65. The predicted octanol–water partition coefficient (Wildman–Crippen LogP) is 3.11. The molecule has 1 amide bonds. The molecule has 94 valence electrons. The molecule has 0 fully saturated rings. The van der Waals surface area contributed by atoms with Gasteiger partial charge in [0.25, 0.3) is 11.7 Å². The maximum absolute atomic E-state index is 13.1. The lowest BCUT2D eigenvalue weighted by atomic mass is 10.1. The van der Waals surface area contributed by atoms with Crippen molar-refractivity contribution < 1.29 is 14.0 Å². The lowest BCUT2D eigenvalue weighted by Gasteiger charge is -2.04. The van der Waals surface area contributed by atoms with Crippen LogP contribution in [0.4, 0.5) is 10.1 Å². The van der Waals surface area contributed by atoms with Crippen LogP contribution >= 0.6 is 11.8 Å². The monoisotopic (exact) mass is 273 g/mol. The molecule has 3 nitrogen and oxygen atoms in total. The lowest BCUT2D eigenvalue weighted by Crippen LogP contribution is -2.12. The number of carbonyl (C=O) groups excluding carboxylic acids is 2. The molecule has 3 rings (SSSR count). The molecule has 1 aliphatic heterocycles. The number of rotatable bonds is 2. The van der Waals surface area contributed by atoms with Gasteiger partial charge in [0.2, 0.25) is 0 Å². The van der Waals surface area contributed by atoms with E-state index in [0.29, 0.717) is 11.3 Å². The van der Waals surface area contributed by atoms with Gasteiger partial charge in [-0.3, -0.25) is 9.59 Å². The minimum Gasteiger partial charge on any atom is -0.318 e. The predicted molar refractivity (Wildman–Crippen MR) is 69.9 cm³/mol. The van der Waals surface area contributed by atoms with Crippen LogP contribution in [0.2, 0.25) is 0 Å². The molecule has 0 atom stereocenters. The number of benzene rings is 2. The molecule has 1 heterocycles. The second-order valence-corrected chi connectivity index (χ2v) is 5.20. The number of nitrogens with one attached hydrogen (secondary N) is 1. The van der Waals surface area contributed by atoms with Gasteiger partial charge in [-0.05, 0) is 36.4 Å². The number of fused-ring (bicyclic) bond motifs is 1. The molecule has 0 bridgehead atoms. The molecule has 0 aromatic heterocycles. The van der Waals surface area contributed by atoms with Crippen molar-refractivity contribution >= 4 is 29.1 Å². The molecule has 2 aromatic rings. The normalized spacial score (nSPS) is 13.3. The van der Waals surface area contributed by atoms with E-state index in [1.165, 1.54) is 23.9 Å². The van der Waals surface area contributed by atoms with Crippen LogP contribution in [-0.2, 0) is 4.79 Å². The molecule has 1 aliphatic rings. The summed E-state index contributed by atoms with van der Waals surface area (Å²) < 4.78 is 13.1. The Morgan fingerprint density at radius 3 is 2.58 bits per heavy atom. The molecule has 0 unspecified atom stereocenters. The van der Waals surface area contributed by atoms with E-state index in [4.69, 9.17) is 0 Å². The Balaban J connectivity index is 1.90. The van der Waals surface area contributed by atoms with Gasteiger partial charge in [-0.15, -0.1) is 0 Å². The standard InChI is InChI=1S/C14H8FNO2S/c15-8-2-1-3-9(6-8)19-10-4-5-11-12(7-10)16-14(18)13(11)17/h1-7H,(H,16,17,18). The molecule has 0 aliphatic carbocycles. The highest BCUT2D eigenvalue weighted by Gasteiger charge is 2.27. The van der Waals surface area contributed by atoms with Crippen molar-refractivity contribution in [2.75, 3.05) is 5.32 Å². The summed E-state index contributed by atoms with van der Waals surface area (Å²) in [6.45, 7) is 0. The fraction of sp³-hybridized carbons (Fsp3) is 0. The molecule has 2 aromatic carbocycles. The number of amides is 1. The summed E-state index contributed by atoms with van der Waals surface area (Å²) in [6.07, 6.45) is 0. The van der Waals surface area contributed by atoms with E-state index in [1.807, 2.05) is 0 Å². The second-order valence-electron chi connectivity index (χ2n) is 4.05. The second kappa shape index (κ2) is 4.51. The number of carbonyl (C=O) groups is 2. The first kappa shape index (κ1) is 11.9. The van der Waals surface area contributed by atoms with E-state index in [1.54, 1.807) is 30.3 Å². The van der Waals surface area contributed by atoms with Gasteiger partial charge in [-0.25, -0.2) is 4.39 Å². The van der Waals surface area contributed by atoms with Crippen molar-refractivity contribution in [1.82, 2.24) is 0 Å². The highest BCUT2D eigenvalue weighted by molar-refractivity contribution is 7.99. The highest BCUT2D eigenvalue weighted by atomic mass is 32.2. The molecule has 19 heavy (non-hydrogen) atoms. The topological polar surface area (TPSA) is 46.2 Å². The highest BCUT2D eigenvalue weighted by Crippen LogP contribution is 2.33. The van der Waals surface area contributed by atoms with Crippen molar-refractivity contribution in [3.8, 4) is 0 Å². The van der Waals surface area contributed by atoms with Crippen LogP contribution < -0.4 is 5.32 Å². The number of ketones is 1. The van der Waals surface area contributed by atoms with Gasteiger partial charge in [0.05, 0.1) is 11.3 Å². The smallest absolute Gasteiger partial charge is 0.296 e. The summed E-state index contributed by atoms with van der Waals surface area (Å²) in [4.78, 5) is 24.3. The Hall–Kier alpha value is -2.14. The van der Waals surface area contributed by atoms with Crippen LogP contribution in [-0.4, -0.2) is 11.7 Å². The van der Waals surface area contributed by atoms with Gasteiger partial charge in [-0.1, -0.05) is 17.8 Å². The van der Waals surface area contributed by atoms with E-state index in [-0.39, 0.29) is 5.82 Å². The third-order valence-electron chi connectivity index (χ3n) is 2.72. The largest absolute Gasteiger partial charge is 0.318 e. The van der Waals surface area contributed by atoms with Crippen molar-refractivity contribution in [3.05, 3.63) is 53.8 Å². The molecule has 1 N–H and O–H groups in total. The Morgan fingerprint density at radius 1 is 1.00 bits per heavy atom. The van der Waals surface area contributed by atoms with Crippen LogP contribution in [0.25, 0.3) is 0 Å². The molecule has 0 saturated carbocycles. The third-order valence-corrected chi connectivity index (χ3v) is 3.70. The minimum atomic E-state index is -0.608. The maximum Gasteiger partial charge on any atom is 0.296 e. The molecule has 0 spiro atoms. The number of Topliss-reactive ketones (excluding diaryl/α,β-unsaturated/α-hetero) is 1. The van der Waals surface area contributed by atoms with Gasteiger partial charge >= 0.3 is 0 Å². The van der Waals surface area contributed by atoms with Gasteiger partial charge < -0.3 is 5.32 Å². The Labute approximate surface area is 112 Å². The van der Waals surface area contributed by atoms with Crippen LogP contribution in [0.1, 0.15) is 10.4 Å². The van der Waals surface area contributed by atoms with Gasteiger partial charge in [-0.2, -0.15) is 0 Å². The van der Waals surface area contributed by atoms with Gasteiger partial charge in [0, 0.05) is 9.79 Å². The van der Waals surface area contributed by atoms with Crippen molar-refractivity contribution in [2.24, 2.45) is 0 Å². The summed E-state index contributed by atoms with van der Waals surface area (Å²) in [5.41, 5.74) is 0.894. The lowest BCUT2D eigenvalue weighted by molar-refractivity contribution is -0.112. The van der Waals surface area contributed by atoms with E-state index < -0.39 is 11.7 Å². The minimum absolute atomic E-state index is 0.297. The van der Waals surface area contributed by atoms with Crippen LogP contribution in [0.15, 0.2) is 52.3 Å². The Kier molecular flexibility index (Phi) is 2.83. The summed E-state index contributed by atoms with van der Waals surface area (Å²) in [6, 6.07) is 11.3. The number of hydrogen-bond acceptors (Lipinski definition) is 3. The van der Waals surface area contributed by atoms with Crippen LogP contribution in [0.5, 0.6) is 0 Å². The summed E-state index contributed by atoms with van der Waals surface area (Å²) in [5.74, 6) is -1.42. The van der Waals surface area contributed by atoms with E-state index in [2.05, 4.69) is 5.32 Å². The average molecular weight is 273 g/mol. The third kappa shape index (κ3) is 2.24. The maximum atomic E-state index is 13.1. The van der Waals surface area contributed by atoms with E-state index in [0.717, 1.165) is 9.79 Å². The molecule has 5 heteroatoms. The van der Waals surface area contributed by atoms with Crippen molar-refractivity contribution in [3.63, 3.8) is 0 Å². The molecule has 0 radical (unpaired) electrons. The fourth-order valence-corrected chi connectivity index (χ4v) is 2.76. The zero-order valence-corrected chi connectivity index (χ0v) is 10.5. The fourth-order valence-electron chi connectivity index (χ4n) is 1.86.